The van der Waals surface area contributed by atoms with Gasteiger partial charge in [0.25, 0.3) is 0 Å². The van der Waals surface area contributed by atoms with Gasteiger partial charge in [0, 0.05) is 11.3 Å². The highest BCUT2D eigenvalue weighted by molar-refractivity contribution is 5.83. The molecule has 1 aromatic heterocycles. The molecule has 2 aromatic rings. The van der Waals surface area contributed by atoms with Crippen LogP contribution in [-0.2, 0) is 4.79 Å². The van der Waals surface area contributed by atoms with Gasteiger partial charge in [-0.05, 0) is 31.0 Å². The van der Waals surface area contributed by atoms with Gasteiger partial charge in [0.2, 0.25) is 0 Å². The molecule has 2 rings (SSSR count). The lowest BCUT2D eigenvalue weighted by Crippen LogP contribution is -2.30. The number of carboxylic acid groups (broad SMARTS) is 1. The van der Waals surface area contributed by atoms with Crippen molar-refractivity contribution in [3.63, 3.8) is 0 Å². The maximum atomic E-state index is 11.0. The maximum Gasteiger partial charge on any atom is 0.0708 e. The molecule has 3 nitrogen and oxygen atoms in total. The quantitative estimate of drug-likeness (QED) is 0.804. The van der Waals surface area contributed by atoms with Crippen LogP contribution in [0, 0.1) is 6.92 Å². The Bertz CT molecular complexity index is 563. The highest BCUT2D eigenvalue weighted by Crippen LogP contribution is 2.23. The molecular formula is C14H14NO2-. The van der Waals surface area contributed by atoms with Crippen LogP contribution < -0.4 is 5.11 Å². The molecule has 0 saturated carbocycles. The van der Waals surface area contributed by atoms with Crippen molar-refractivity contribution in [3.05, 3.63) is 41.6 Å². The topological polar surface area (TPSA) is 53.0 Å². The predicted molar refractivity (Wildman–Crippen MR) is 64.5 cm³/mol. The second kappa shape index (κ2) is 4.53. The summed E-state index contributed by atoms with van der Waals surface area (Å²) in [5.74, 6) is -1.69. The number of aryl methyl sites for hydroxylation is 1. The molecular weight excluding hydrogens is 214 g/mol. The average molecular weight is 228 g/mol. The number of para-hydroxylation sites is 1. The number of rotatable bonds is 3. The van der Waals surface area contributed by atoms with E-state index in [1.807, 2.05) is 44.2 Å². The molecule has 1 heterocycles. The molecule has 0 N–H and O–H groups in total. The molecule has 1 unspecified atom stereocenters. The zero-order chi connectivity index (χ0) is 12.4. The molecule has 3 heteroatoms. The van der Waals surface area contributed by atoms with Crippen LogP contribution in [0.15, 0.2) is 30.3 Å². The number of carboxylic acids is 1. The van der Waals surface area contributed by atoms with E-state index < -0.39 is 11.9 Å². The number of hydrogen-bond acceptors (Lipinski definition) is 3. The Balaban J connectivity index is 2.60. The highest BCUT2D eigenvalue weighted by Gasteiger charge is 2.13. The standard InChI is InChI=1S/C14H15NO2/c1-3-10(14(16)17)13-8-9(2)11-6-4-5-7-12(11)15-13/h4-8,10H,3H2,1-2H3,(H,16,17)/p-1. The number of benzene rings is 1. The van der Waals surface area contributed by atoms with E-state index in [1.165, 1.54) is 0 Å². The first kappa shape index (κ1) is 11.6. The van der Waals surface area contributed by atoms with Gasteiger partial charge in [-0.1, -0.05) is 25.1 Å². The third kappa shape index (κ3) is 2.13. The monoisotopic (exact) mass is 228 g/mol. The molecule has 0 spiro atoms. The summed E-state index contributed by atoms with van der Waals surface area (Å²) in [6, 6.07) is 9.58. The van der Waals surface area contributed by atoms with E-state index in [1.54, 1.807) is 0 Å². The molecule has 17 heavy (non-hydrogen) atoms. The van der Waals surface area contributed by atoms with E-state index in [9.17, 15) is 9.90 Å². The number of nitrogens with zero attached hydrogens (tertiary/aromatic N) is 1. The molecule has 0 bridgehead atoms. The first-order valence-corrected chi connectivity index (χ1v) is 5.70. The summed E-state index contributed by atoms with van der Waals surface area (Å²) in [5.41, 5.74) is 2.47. The molecule has 88 valence electrons. The number of pyridine rings is 1. The highest BCUT2D eigenvalue weighted by atomic mass is 16.4. The smallest absolute Gasteiger partial charge is 0.0708 e. The first-order chi connectivity index (χ1) is 8.13. The molecule has 0 aliphatic rings. The maximum absolute atomic E-state index is 11.0. The number of hydrogen-bond donors (Lipinski definition) is 0. The summed E-state index contributed by atoms with van der Waals surface area (Å²) in [7, 11) is 0. The van der Waals surface area contributed by atoms with E-state index >= 15 is 0 Å². The molecule has 0 amide bonds. The predicted octanol–water partition coefficient (Wildman–Crippen LogP) is 1.79. The van der Waals surface area contributed by atoms with Crippen molar-refractivity contribution in [2.45, 2.75) is 26.2 Å². The molecule has 0 saturated heterocycles. The van der Waals surface area contributed by atoms with Gasteiger partial charge >= 0.3 is 0 Å². The number of aromatic nitrogens is 1. The SMILES string of the molecule is CCC(C(=O)[O-])c1cc(C)c2ccccc2n1. The number of aliphatic carboxylic acids is 1. The third-order valence-electron chi connectivity index (χ3n) is 2.99. The second-order valence-electron chi connectivity index (χ2n) is 4.16. The third-order valence-corrected chi connectivity index (χ3v) is 2.99. The van der Waals surface area contributed by atoms with E-state index in [-0.39, 0.29) is 0 Å². The minimum absolute atomic E-state index is 0.493. The summed E-state index contributed by atoms with van der Waals surface area (Å²) in [6.07, 6.45) is 0.493. The Labute approximate surface area is 100 Å². The molecule has 0 aliphatic carbocycles. The van der Waals surface area contributed by atoms with Crippen LogP contribution in [-0.4, -0.2) is 11.0 Å². The van der Waals surface area contributed by atoms with Crippen LogP contribution >= 0.6 is 0 Å². The summed E-state index contributed by atoms with van der Waals surface area (Å²) < 4.78 is 0. The van der Waals surface area contributed by atoms with Crippen molar-refractivity contribution >= 4 is 16.9 Å². The molecule has 1 atom stereocenters. The fourth-order valence-corrected chi connectivity index (χ4v) is 2.05. The van der Waals surface area contributed by atoms with Crippen molar-refractivity contribution in [2.75, 3.05) is 0 Å². The van der Waals surface area contributed by atoms with Crippen LogP contribution in [0.4, 0.5) is 0 Å². The zero-order valence-electron chi connectivity index (χ0n) is 9.93. The Morgan fingerprint density at radius 3 is 2.76 bits per heavy atom. The van der Waals surface area contributed by atoms with Gasteiger partial charge in [-0.3, -0.25) is 4.98 Å². The lowest BCUT2D eigenvalue weighted by Gasteiger charge is -2.16. The van der Waals surface area contributed by atoms with Gasteiger partial charge in [-0.15, -0.1) is 0 Å². The van der Waals surface area contributed by atoms with Gasteiger partial charge in [-0.25, -0.2) is 0 Å². The number of carbonyl (C=O) groups excluding carboxylic acids is 1. The first-order valence-electron chi connectivity index (χ1n) is 5.70. The van der Waals surface area contributed by atoms with Crippen molar-refractivity contribution in [1.29, 1.82) is 0 Å². The van der Waals surface area contributed by atoms with Crippen LogP contribution in [0.2, 0.25) is 0 Å². The molecule has 0 fully saturated rings. The van der Waals surface area contributed by atoms with Crippen LogP contribution in [0.3, 0.4) is 0 Å². The number of fused-ring (bicyclic) bond motifs is 1. The lowest BCUT2D eigenvalue weighted by atomic mass is 9.99. The van der Waals surface area contributed by atoms with Gasteiger partial charge < -0.3 is 9.90 Å². The molecule has 1 aromatic carbocycles. The minimum Gasteiger partial charge on any atom is -0.549 e. The summed E-state index contributed by atoms with van der Waals surface area (Å²) >= 11 is 0. The van der Waals surface area contributed by atoms with Crippen molar-refractivity contribution < 1.29 is 9.90 Å². The van der Waals surface area contributed by atoms with Crippen LogP contribution in [0.5, 0.6) is 0 Å². The largest absolute Gasteiger partial charge is 0.549 e. The van der Waals surface area contributed by atoms with Gasteiger partial charge in [0.1, 0.15) is 0 Å². The lowest BCUT2D eigenvalue weighted by molar-refractivity contribution is -0.308. The Kier molecular flexibility index (Phi) is 3.09. The summed E-state index contributed by atoms with van der Waals surface area (Å²) in [4.78, 5) is 15.4. The normalized spacial score (nSPS) is 12.6. The molecule has 0 radical (unpaired) electrons. The second-order valence-corrected chi connectivity index (χ2v) is 4.16. The fraction of sp³-hybridized carbons (Fsp3) is 0.286. The van der Waals surface area contributed by atoms with E-state index in [0.717, 1.165) is 16.5 Å². The van der Waals surface area contributed by atoms with Gasteiger partial charge in [0.15, 0.2) is 0 Å². The van der Waals surface area contributed by atoms with Crippen LogP contribution in [0.1, 0.15) is 30.5 Å². The fourth-order valence-electron chi connectivity index (χ4n) is 2.05. The van der Waals surface area contributed by atoms with Gasteiger partial charge in [0.05, 0.1) is 17.2 Å². The van der Waals surface area contributed by atoms with E-state index in [2.05, 4.69) is 4.98 Å². The summed E-state index contributed by atoms with van der Waals surface area (Å²) in [5, 5.41) is 12.1. The van der Waals surface area contributed by atoms with Crippen molar-refractivity contribution in [2.24, 2.45) is 0 Å². The Morgan fingerprint density at radius 1 is 1.41 bits per heavy atom. The molecule has 0 aliphatic heterocycles. The number of carbonyl (C=O) groups is 1. The van der Waals surface area contributed by atoms with Crippen molar-refractivity contribution in [3.8, 4) is 0 Å². The Hall–Kier alpha value is -1.90. The summed E-state index contributed by atoms with van der Waals surface area (Å²) in [6.45, 7) is 3.79. The van der Waals surface area contributed by atoms with Gasteiger partial charge in [-0.2, -0.15) is 0 Å². The Morgan fingerprint density at radius 2 is 2.12 bits per heavy atom. The van der Waals surface area contributed by atoms with Crippen LogP contribution in [0.25, 0.3) is 10.9 Å². The average Bonchev–Trinajstić information content (AvgIpc) is 2.29. The van der Waals surface area contributed by atoms with E-state index in [0.29, 0.717) is 12.1 Å². The zero-order valence-corrected chi connectivity index (χ0v) is 9.93. The minimum atomic E-state index is -1.06. The van der Waals surface area contributed by atoms with E-state index in [4.69, 9.17) is 0 Å². The van der Waals surface area contributed by atoms with Crippen molar-refractivity contribution in [1.82, 2.24) is 4.98 Å².